The van der Waals surface area contributed by atoms with Crippen molar-refractivity contribution >= 4 is 40.6 Å². The second-order valence-electron chi connectivity index (χ2n) is 4.80. The first kappa shape index (κ1) is 18.1. The maximum atomic E-state index is 12.1. The summed E-state index contributed by atoms with van der Waals surface area (Å²) in [6.45, 7) is 0.452. The maximum absolute atomic E-state index is 12.1. The molecule has 0 saturated heterocycles. The molecular formula is C16H16ClN3O3S. The van der Waals surface area contributed by atoms with Crippen LogP contribution in [0.4, 0.5) is 11.4 Å². The van der Waals surface area contributed by atoms with Gasteiger partial charge < -0.3 is 10.6 Å². The smallest absolute Gasteiger partial charge is 0.293 e. The van der Waals surface area contributed by atoms with Gasteiger partial charge in [-0.2, -0.15) is 0 Å². The molecule has 1 amide bonds. The second kappa shape index (κ2) is 8.56. The number of rotatable bonds is 7. The Hall–Kier alpha value is -2.25. The summed E-state index contributed by atoms with van der Waals surface area (Å²) >= 11 is 7.41. The maximum Gasteiger partial charge on any atom is 0.293 e. The molecule has 0 bridgehead atoms. The number of carbonyl (C=O) groups excluding carboxylic acids is 1. The lowest BCUT2D eigenvalue weighted by Gasteiger charge is -2.07. The molecule has 2 N–H and O–H groups in total. The van der Waals surface area contributed by atoms with E-state index in [1.165, 1.54) is 12.1 Å². The molecule has 0 atom stereocenters. The molecule has 24 heavy (non-hydrogen) atoms. The summed E-state index contributed by atoms with van der Waals surface area (Å²) in [7, 11) is 1.59. The topological polar surface area (TPSA) is 84.3 Å². The SMILES string of the molecule is CNc1ccc(C(=O)NCCSc2ccc(Cl)cc2)cc1[N+](=O)[O-]. The standard InChI is InChI=1S/C16H16ClN3O3S/c1-18-14-7-2-11(10-15(14)20(22)23)16(21)19-8-9-24-13-5-3-12(17)4-6-13/h2-7,10,18H,8-9H2,1H3,(H,19,21). The Labute approximate surface area is 148 Å². The molecule has 126 valence electrons. The molecule has 0 unspecified atom stereocenters. The van der Waals surface area contributed by atoms with E-state index >= 15 is 0 Å². The van der Waals surface area contributed by atoms with E-state index in [0.29, 0.717) is 23.0 Å². The number of carbonyl (C=O) groups is 1. The van der Waals surface area contributed by atoms with Crippen LogP contribution in [0.15, 0.2) is 47.4 Å². The van der Waals surface area contributed by atoms with Crippen molar-refractivity contribution in [3.05, 3.63) is 63.2 Å². The number of halogens is 1. The van der Waals surface area contributed by atoms with Gasteiger partial charge in [-0.25, -0.2) is 0 Å². The van der Waals surface area contributed by atoms with Gasteiger partial charge in [0.25, 0.3) is 11.6 Å². The molecule has 2 aromatic rings. The van der Waals surface area contributed by atoms with E-state index in [1.54, 1.807) is 24.9 Å². The minimum absolute atomic E-state index is 0.124. The van der Waals surface area contributed by atoms with Crippen LogP contribution in [-0.4, -0.2) is 30.2 Å². The van der Waals surface area contributed by atoms with Crippen molar-refractivity contribution in [1.29, 1.82) is 0 Å². The van der Waals surface area contributed by atoms with E-state index in [-0.39, 0.29) is 17.2 Å². The quantitative estimate of drug-likeness (QED) is 0.337. The minimum Gasteiger partial charge on any atom is -0.383 e. The number of hydrogen-bond acceptors (Lipinski definition) is 5. The van der Waals surface area contributed by atoms with Crippen molar-refractivity contribution in [3.63, 3.8) is 0 Å². The summed E-state index contributed by atoms with van der Waals surface area (Å²) in [5.74, 6) is 0.349. The van der Waals surface area contributed by atoms with Gasteiger partial charge >= 0.3 is 0 Å². The van der Waals surface area contributed by atoms with Gasteiger partial charge in [0.15, 0.2) is 0 Å². The highest BCUT2D eigenvalue weighted by molar-refractivity contribution is 7.99. The van der Waals surface area contributed by atoms with E-state index in [1.807, 2.05) is 24.3 Å². The lowest BCUT2D eigenvalue weighted by Crippen LogP contribution is -2.25. The zero-order valence-corrected chi connectivity index (χ0v) is 14.5. The third-order valence-corrected chi connectivity index (χ3v) is 4.46. The van der Waals surface area contributed by atoms with Crippen molar-refractivity contribution in [2.24, 2.45) is 0 Å². The molecule has 0 heterocycles. The van der Waals surface area contributed by atoms with Crippen molar-refractivity contribution in [1.82, 2.24) is 5.32 Å². The Kier molecular flexibility index (Phi) is 6.45. The van der Waals surface area contributed by atoms with E-state index in [9.17, 15) is 14.9 Å². The number of hydrogen-bond donors (Lipinski definition) is 2. The number of nitro benzene ring substituents is 1. The van der Waals surface area contributed by atoms with Crippen LogP contribution < -0.4 is 10.6 Å². The Morgan fingerprint density at radius 2 is 1.96 bits per heavy atom. The predicted octanol–water partition coefficient (Wildman–Crippen LogP) is 3.81. The average Bonchev–Trinajstić information content (AvgIpc) is 2.59. The molecule has 0 radical (unpaired) electrons. The lowest BCUT2D eigenvalue weighted by atomic mass is 10.1. The van der Waals surface area contributed by atoms with Gasteiger partial charge in [-0.1, -0.05) is 11.6 Å². The number of nitrogens with one attached hydrogen (secondary N) is 2. The molecule has 8 heteroatoms. The van der Waals surface area contributed by atoms with Gasteiger partial charge in [0.2, 0.25) is 0 Å². The zero-order valence-electron chi connectivity index (χ0n) is 12.9. The zero-order chi connectivity index (χ0) is 17.5. The van der Waals surface area contributed by atoms with Gasteiger partial charge in [0.1, 0.15) is 5.69 Å². The second-order valence-corrected chi connectivity index (χ2v) is 6.40. The molecule has 0 aliphatic rings. The Balaban J connectivity index is 1.89. The minimum atomic E-state index is -0.515. The highest BCUT2D eigenvalue weighted by Gasteiger charge is 2.16. The van der Waals surface area contributed by atoms with E-state index in [4.69, 9.17) is 11.6 Å². The van der Waals surface area contributed by atoms with E-state index in [2.05, 4.69) is 10.6 Å². The first-order valence-corrected chi connectivity index (χ1v) is 8.50. The van der Waals surface area contributed by atoms with Crippen LogP contribution in [0.25, 0.3) is 0 Å². The molecule has 0 spiro atoms. The van der Waals surface area contributed by atoms with Crippen molar-refractivity contribution < 1.29 is 9.72 Å². The average molecular weight is 366 g/mol. The molecule has 0 aliphatic carbocycles. The third-order valence-electron chi connectivity index (χ3n) is 3.20. The monoisotopic (exact) mass is 365 g/mol. The van der Waals surface area contributed by atoms with Gasteiger partial charge in [0, 0.05) is 40.9 Å². The van der Waals surface area contributed by atoms with Crippen LogP contribution in [-0.2, 0) is 0 Å². The van der Waals surface area contributed by atoms with Gasteiger partial charge in [-0.3, -0.25) is 14.9 Å². The fourth-order valence-corrected chi connectivity index (χ4v) is 2.90. The highest BCUT2D eigenvalue weighted by Crippen LogP contribution is 2.25. The van der Waals surface area contributed by atoms with Gasteiger partial charge in [-0.05, 0) is 36.4 Å². The normalized spacial score (nSPS) is 10.2. The molecule has 0 saturated carbocycles. The van der Waals surface area contributed by atoms with Crippen molar-refractivity contribution in [3.8, 4) is 0 Å². The number of thioether (sulfide) groups is 1. The van der Waals surface area contributed by atoms with Crippen LogP contribution in [0.2, 0.25) is 5.02 Å². The molecule has 2 rings (SSSR count). The summed E-state index contributed by atoms with van der Waals surface area (Å²) in [6.07, 6.45) is 0. The van der Waals surface area contributed by atoms with Crippen LogP contribution >= 0.6 is 23.4 Å². The highest BCUT2D eigenvalue weighted by atomic mass is 35.5. The first-order chi connectivity index (χ1) is 11.5. The number of amides is 1. The molecule has 6 nitrogen and oxygen atoms in total. The Bertz CT molecular complexity index is 738. The fraction of sp³-hybridized carbons (Fsp3) is 0.188. The summed E-state index contributed by atoms with van der Waals surface area (Å²) in [5.41, 5.74) is 0.507. The summed E-state index contributed by atoms with van der Waals surface area (Å²) in [6, 6.07) is 11.8. The molecule has 0 aromatic heterocycles. The van der Waals surface area contributed by atoms with Crippen molar-refractivity contribution in [2.45, 2.75) is 4.90 Å². The number of nitro groups is 1. The van der Waals surface area contributed by atoms with Crippen LogP contribution in [0.3, 0.4) is 0 Å². The molecule has 0 fully saturated rings. The van der Waals surface area contributed by atoms with Crippen LogP contribution in [0.1, 0.15) is 10.4 Å². The Morgan fingerprint density at radius 1 is 1.25 bits per heavy atom. The van der Waals surface area contributed by atoms with Crippen molar-refractivity contribution in [2.75, 3.05) is 24.7 Å². The summed E-state index contributed by atoms with van der Waals surface area (Å²) in [4.78, 5) is 23.7. The first-order valence-electron chi connectivity index (χ1n) is 7.14. The number of anilines is 1. The summed E-state index contributed by atoms with van der Waals surface area (Å²) < 4.78 is 0. The number of benzene rings is 2. The van der Waals surface area contributed by atoms with Gasteiger partial charge in [0.05, 0.1) is 4.92 Å². The fourth-order valence-electron chi connectivity index (χ4n) is 2.00. The summed E-state index contributed by atoms with van der Waals surface area (Å²) in [5, 5.41) is 17.2. The van der Waals surface area contributed by atoms with E-state index < -0.39 is 4.92 Å². The lowest BCUT2D eigenvalue weighted by molar-refractivity contribution is -0.384. The molecule has 2 aromatic carbocycles. The number of nitrogens with zero attached hydrogens (tertiary/aromatic N) is 1. The van der Waals surface area contributed by atoms with Crippen LogP contribution in [0, 0.1) is 10.1 Å². The largest absolute Gasteiger partial charge is 0.383 e. The predicted molar refractivity (Wildman–Crippen MR) is 97.2 cm³/mol. The Morgan fingerprint density at radius 3 is 2.58 bits per heavy atom. The molecule has 0 aliphatic heterocycles. The van der Waals surface area contributed by atoms with Crippen LogP contribution in [0.5, 0.6) is 0 Å². The van der Waals surface area contributed by atoms with E-state index in [0.717, 1.165) is 4.90 Å². The molecular weight excluding hydrogens is 350 g/mol. The third kappa shape index (κ3) is 4.87. The van der Waals surface area contributed by atoms with Gasteiger partial charge in [-0.15, -0.1) is 11.8 Å².